The maximum absolute atomic E-state index is 12.6. The van der Waals surface area contributed by atoms with Crippen LogP contribution in [0.4, 0.5) is 5.13 Å². The van der Waals surface area contributed by atoms with Gasteiger partial charge in [-0.05, 0) is 25.7 Å². The summed E-state index contributed by atoms with van der Waals surface area (Å²) in [6, 6.07) is 0. The number of esters is 1. The normalized spacial score (nSPS) is 17.4. The minimum Gasteiger partial charge on any atom is -0.466 e. The first-order valence-corrected chi connectivity index (χ1v) is 9.50. The smallest absolute Gasteiger partial charge is 0.310 e. The highest BCUT2D eigenvalue weighted by Crippen LogP contribution is 2.22. The fraction of sp³-hybridized carbons (Fsp3) is 0.647. The lowest BCUT2D eigenvalue weighted by Gasteiger charge is -2.31. The second-order valence-corrected chi connectivity index (χ2v) is 7.38. The first-order chi connectivity index (χ1) is 11.9. The number of piperidine rings is 1. The SMILES string of the molecule is CCOC(=O)C1CCCN(C(=O)c2csc(NC(=O)CC(C)C)n2)C1. The van der Waals surface area contributed by atoms with E-state index in [1.165, 1.54) is 11.3 Å². The molecule has 138 valence electrons. The highest BCUT2D eigenvalue weighted by molar-refractivity contribution is 7.14. The van der Waals surface area contributed by atoms with Crippen LogP contribution in [0.15, 0.2) is 5.38 Å². The maximum Gasteiger partial charge on any atom is 0.310 e. The minimum absolute atomic E-state index is 0.108. The number of thiazole rings is 1. The number of carbonyl (C=O) groups is 3. The van der Waals surface area contributed by atoms with Crippen molar-refractivity contribution in [3.8, 4) is 0 Å². The van der Waals surface area contributed by atoms with Crippen LogP contribution in [0, 0.1) is 11.8 Å². The molecule has 8 heteroatoms. The molecular weight excluding hydrogens is 342 g/mol. The lowest BCUT2D eigenvalue weighted by Crippen LogP contribution is -2.43. The van der Waals surface area contributed by atoms with Crippen molar-refractivity contribution >= 4 is 34.3 Å². The van der Waals surface area contributed by atoms with Crippen LogP contribution in [0.3, 0.4) is 0 Å². The van der Waals surface area contributed by atoms with Gasteiger partial charge in [-0.2, -0.15) is 0 Å². The molecule has 1 aromatic heterocycles. The summed E-state index contributed by atoms with van der Waals surface area (Å²) in [6.07, 6.45) is 1.91. The molecule has 2 amide bonds. The van der Waals surface area contributed by atoms with Gasteiger partial charge in [-0.25, -0.2) is 4.98 Å². The Morgan fingerprint density at radius 2 is 2.20 bits per heavy atom. The molecule has 25 heavy (non-hydrogen) atoms. The number of amides is 2. The average Bonchev–Trinajstić information content (AvgIpc) is 3.02. The van der Waals surface area contributed by atoms with Crippen LogP contribution in [0.1, 0.15) is 50.5 Å². The largest absolute Gasteiger partial charge is 0.466 e. The van der Waals surface area contributed by atoms with Crippen LogP contribution in [0.25, 0.3) is 0 Å². The number of likely N-dealkylation sites (tertiary alicyclic amines) is 1. The van der Waals surface area contributed by atoms with Crippen molar-refractivity contribution in [2.75, 3.05) is 25.0 Å². The van der Waals surface area contributed by atoms with Crippen molar-refractivity contribution in [2.24, 2.45) is 11.8 Å². The van der Waals surface area contributed by atoms with Gasteiger partial charge in [0.15, 0.2) is 5.13 Å². The Morgan fingerprint density at radius 1 is 1.44 bits per heavy atom. The summed E-state index contributed by atoms with van der Waals surface area (Å²) in [7, 11) is 0. The van der Waals surface area contributed by atoms with E-state index in [2.05, 4.69) is 10.3 Å². The van der Waals surface area contributed by atoms with Crippen LogP contribution in [-0.2, 0) is 14.3 Å². The molecule has 0 spiro atoms. The zero-order valence-corrected chi connectivity index (χ0v) is 15.7. The van der Waals surface area contributed by atoms with E-state index in [4.69, 9.17) is 4.74 Å². The van der Waals surface area contributed by atoms with Gasteiger partial charge in [0.05, 0.1) is 12.5 Å². The van der Waals surface area contributed by atoms with Crippen LogP contribution >= 0.6 is 11.3 Å². The molecule has 7 nitrogen and oxygen atoms in total. The number of anilines is 1. The number of rotatable bonds is 6. The van der Waals surface area contributed by atoms with E-state index in [1.807, 2.05) is 13.8 Å². The van der Waals surface area contributed by atoms with E-state index in [-0.39, 0.29) is 29.6 Å². The van der Waals surface area contributed by atoms with Gasteiger partial charge in [0, 0.05) is 24.9 Å². The molecule has 1 atom stereocenters. The summed E-state index contributed by atoms with van der Waals surface area (Å²) in [5.74, 6) is -0.589. The van der Waals surface area contributed by atoms with Gasteiger partial charge in [0.2, 0.25) is 5.91 Å². The average molecular weight is 367 g/mol. The summed E-state index contributed by atoms with van der Waals surface area (Å²) in [5, 5.41) is 4.78. The molecule has 0 saturated carbocycles. The minimum atomic E-state index is -0.276. The highest BCUT2D eigenvalue weighted by Gasteiger charge is 2.30. The quantitative estimate of drug-likeness (QED) is 0.781. The van der Waals surface area contributed by atoms with Crippen molar-refractivity contribution < 1.29 is 19.1 Å². The number of carbonyl (C=O) groups excluding carboxylic acids is 3. The van der Waals surface area contributed by atoms with Crippen molar-refractivity contribution in [3.05, 3.63) is 11.1 Å². The number of nitrogens with one attached hydrogen (secondary N) is 1. The number of ether oxygens (including phenoxy) is 1. The van der Waals surface area contributed by atoms with Gasteiger partial charge in [-0.1, -0.05) is 13.8 Å². The maximum atomic E-state index is 12.6. The van der Waals surface area contributed by atoms with Gasteiger partial charge < -0.3 is 15.0 Å². The van der Waals surface area contributed by atoms with E-state index in [1.54, 1.807) is 17.2 Å². The molecular formula is C17H25N3O4S. The van der Waals surface area contributed by atoms with Crippen molar-refractivity contribution in [1.82, 2.24) is 9.88 Å². The Bertz CT molecular complexity index is 629. The van der Waals surface area contributed by atoms with Crippen LogP contribution in [0.5, 0.6) is 0 Å². The topological polar surface area (TPSA) is 88.6 Å². The van der Waals surface area contributed by atoms with Gasteiger partial charge >= 0.3 is 5.97 Å². The summed E-state index contributed by atoms with van der Waals surface area (Å²) in [4.78, 5) is 42.2. The summed E-state index contributed by atoms with van der Waals surface area (Å²) in [6.45, 7) is 6.99. The van der Waals surface area contributed by atoms with E-state index >= 15 is 0 Å². The van der Waals surface area contributed by atoms with E-state index in [0.29, 0.717) is 36.9 Å². The Kier molecular flexibility index (Phi) is 6.92. The Hall–Kier alpha value is -1.96. The summed E-state index contributed by atoms with van der Waals surface area (Å²) >= 11 is 1.23. The Morgan fingerprint density at radius 3 is 2.88 bits per heavy atom. The molecule has 0 radical (unpaired) electrons. The molecule has 1 fully saturated rings. The molecule has 1 N–H and O–H groups in total. The molecule has 0 aliphatic carbocycles. The van der Waals surface area contributed by atoms with Crippen molar-refractivity contribution in [1.29, 1.82) is 0 Å². The number of nitrogens with zero attached hydrogens (tertiary/aromatic N) is 2. The van der Waals surface area contributed by atoms with Gasteiger partial charge in [0.25, 0.3) is 5.91 Å². The number of hydrogen-bond acceptors (Lipinski definition) is 6. The third-order valence-corrected chi connectivity index (χ3v) is 4.65. The van der Waals surface area contributed by atoms with Gasteiger partial charge in [-0.15, -0.1) is 11.3 Å². The zero-order chi connectivity index (χ0) is 18.4. The molecule has 1 aromatic rings. The fourth-order valence-corrected chi connectivity index (χ4v) is 3.45. The molecule has 1 aliphatic heterocycles. The third kappa shape index (κ3) is 5.52. The molecule has 1 saturated heterocycles. The van der Waals surface area contributed by atoms with E-state index in [9.17, 15) is 14.4 Å². The summed E-state index contributed by atoms with van der Waals surface area (Å²) < 4.78 is 5.06. The monoisotopic (exact) mass is 367 g/mol. The lowest BCUT2D eigenvalue weighted by atomic mass is 9.98. The molecule has 0 bridgehead atoms. The molecule has 2 heterocycles. The fourth-order valence-electron chi connectivity index (χ4n) is 2.75. The van der Waals surface area contributed by atoms with Gasteiger partial charge in [0.1, 0.15) is 5.69 Å². The predicted octanol–water partition coefficient (Wildman–Crippen LogP) is 2.54. The summed E-state index contributed by atoms with van der Waals surface area (Å²) in [5.41, 5.74) is 0.300. The van der Waals surface area contributed by atoms with Crippen LogP contribution in [-0.4, -0.2) is 47.4 Å². The zero-order valence-electron chi connectivity index (χ0n) is 14.9. The van der Waals surface area contributed by atoms with E-state index < -0.39 is 0 Å². The van der Waals surface area contributed by atoms with Crippen molar-refractivity contribution in [2.45, 2.75) is 40.0 Å². The highest BCUT2D eigenvalue weighted by atomic mass is 32.1. The second-order valence-electron chi connectivity index (χ2n) is 6.53. The molecule has 1 aliphatic rings. The first kappa shape index (κ1) is 19.4. The predicted molar refractivity (Wildman–Crippen MR) is 95.5 cm³/mol. The standard InChI is InChI=1S/C17H25N3O4S/c1-4-24-16(23)12-6-5-7-20(9-12)15(22)13-10-25-17(18-13)19-14(21)8-11(2)3/h10-12H,4-9H2,1-3H3,(H,18,19,21). The third-order valence-electron chi connectivity index (χ3n) is 3.89. The lowest BCUT2D eigenvalue weighted by molar-refractivity contribution is -0.149. The molecule has 0 aromatic carbocycles. The van der Waals surface area contributed by atoms with Crippen LogP contribution < -0.4 is 5.32 Å². The first-order valence-electron chi connectivity index (χ1n) is 8.62. The molecule has 2 rings (SSSR count). The van der Waals surface area contributed by atoms with Crippen molar-refractivity contribution in [3.63, 3.8) is 0 Å². The number of hydrogen-bond donors (Lipinski definition) is 1. The molecule has 1 unspecified atom stereocenters. The second kappa shape index (κ2) is 8.94. The van der Waals surface area contributed by atoms with Gasteiger partial charge in [-0.3, -0.25) is 14.4 Å². The number of aromatic nitrogens is 1. The Labute approximate surface area is 151 Å². The van der Waals surface area contributed by atoms with Crippen LogP contribution in [0.2, 0.25) is 0 Å². The Balaban J connectivity index is 1.96. The van der Waals surface area contributed by atoms with E-state index in [0.717, 1.165) is 12.8 Å².